The van der Waals surface area contributed by atoms with Crippen molar-refractivity contribution in [2.75, 3.05) is 20.2 Å². The normalized spacial score (nSPS) is 19.6. The van der Waals surface area contributed by atoms with E-state index in [1.807, 2.05) is 18.2 Å². The highest BCUT2D eigenvalue weighted by atomic mass is 19.4. The van der Waals surface area contributed by atoms with Crippen LogP contribution in [0.15, 0.2) is 37.4 Å². The number of methoxy groups -OCH3 is 1. The maximum atomic E-state index is 13.8. The van der Waals surface area contributed by atoms with Crippen molar-refractivity contribution < 1.29 is 37.0 Å². The molecule has 0 unspecified atom stereocenters. The van der Waals surface area contributed by atoms with Crippen LogP contribution in [0.5, 0.6) is 0 Å². The molecule has 11 heteroatoms. The minimum atomic E-state index is -4.88. The number of hydrogen-bond acceptors (Lipinski definition) is 6. The fourth-order valence-corrected chi connectivity index (χ4v) is 4.82. The predicted octanol–water partition coefficient (Wildman–Crippen LogP) is 4.19. The first-order valence-electron chi connectivity index (χ1n) is 12.6. The first-order chi connectivity index (χ1) is 18.1. The zero-order chi connectivity index (χ0) is 27.9. The minimum absolute atomic E-state index is 0.0234. The average molecular weight is 538 g/mol. The summed E-state index contributed by atoms with van der Waals surface area (Å²) in [5, 5.41) is 2.29. The van der Waals surface area contributed by atoms with Gasteiger partial charge in [-0.15, -0.1) is 6.58 Å². The van der Waals surface area contributed by atoms with Gasteiger partial charge in [-0.25, -0.2) is 9.59 Å². The lowest BCUT2D eigenvalue weighted by atomic mass is 10.0. The van der Waals surface area contributed by atoms with Crippen LogP contribution in [-0.2, 0) is 32.2 Å². The third-order valence-corrected chi connectivity index (χ3v) is 6.79. The molecule has 8 nitrogen and oxygen atoms in total. The summed E-state index contributed by atoms with van der Waals surface area (Å²) >= 11 is 0. The first-order valence-corrected chi connectivity index (χ1v) is 12.6. The summed E-state index contributed by atoms with van der Waals surface area (Å²) in [6.45, 7) is 7.61. The number of fused-ring (bicyclic) bond motifs is 1. The Morgan fingerprint density at radius 1 is 1.18 bits per heavy atom. The van der Waals surface area contributed by atoms with E-state index in [-0.39, 0.29) is 19.5 Å². The Bertz CT molecular complexity index is 1050. The number of amides is 2. The lowest BCUT2D eigenvalue weighted by molar-refractivity contribution is -0.178. The molecule has 3 atom stereocenters. The molecule has 208 valence electrons. The maximum absolute atomic E-state index is 13.8. The Balaban J connectivity index is 1.66. The molecule has 0 spiro atoms. The van der Waals surface area contributed by atoms with E-state index in [2.05, 4.69) is 18.5 Å². The molecule has 1 aromatic carbocycles. The molecule has 2 aliphatic heterocycles. The Morgan fingerprint density at radius 3 is 2.61 bits per heavy atom. The van der Waals surface area contributed by atoms with Crippen molar-refractivity contribution in [3.8, 4) is 0 Å². The Hall–Kier alpha value is -3.34. The lowest BCUT2D eigenvalue weighted by Gasteiger charge is -2.29. The van der Waals surface area contributed by atoms with Crippen LogP contribution in [0.25, 0.3) is 6.08 Å². The van der Waals surface area contributed by atoms with Gasteiger partial charge in [0.05, 0.1) is 20.2 Å². The fourth-order valence-electron chi connectivity index (χ4n) is 4.82. The van der Waals surface area contributed by atoms with E-state index in [1.54, 1.807) is 12.2 Å². The van der Waals surface area contributed by atoms with Gasteiger partial charge in [-0.3, -0.25) is 15.0 Å². The molecule has 1 saturated heterocycles. The van der Waals surface area contributed by atoms with Gasteiger partial charge < -0.3 is 14.4 Å². The van der Waals surface area contributed by atoms with Crippen LogP contribution in [0, 0.1) is 0 Å². The van der Waals surface area contributed by atoms with Crippen molar-refractivity contribution in [2.24, 2.45) is 0 Å². The van der Waals surface area contributed by atoms with E-state index in [0.717, 1.165) is 41.5 Å². The number of likely N-dealkylation sites (tertiary alicyclic amines) is 1. The minimum Gasteiger partial charge on any atom is -0.467 e. The molecule has 3 rings (SSSR count). The van der Waals surface area contributed by atoms with Crippen molar-refractivity contribution in [2.45, 2.75) is 69.6 Å². The van der Waals surface area contributed by atoms with Crippen LogP contribution in [-0.4, -0.2) is 72.3 Å². The summed E-state index contributed by atoms with van der Waals surface area (Å²) in [6, 6.07) is 1.84. The van der Waals surface area contributed by atoms with Crippen molar-refractivity contribution in [1.29, 1.82) is 0 Å². The van der Waals surface area contributed by atoms with Gasteiger partial charge in [0.15, 0.2) is 6.04 Å². The molecule has 0 radical (unpaired) electrons. The molecule has 2 heterocycles. The number of halogens is 3. The molecule has 1 fully saturated rings. The second-order valence-corrected chi connectivity index (χ2v) is 9.38. The summed E-state index contributed by atoms with van der Waals surface area (Å²) in [5.74, 6) is -2.17. The SMILES string of the molecule is C=CCCCCCN[C@H](C(=O)N1C[C@H](OC(=O)N2Cc3cccc(C=C)c3C2)C[C@H]1C(=O)OC)C(F)(F)F. The highest BCUT2D eigenvalue weighted by molar-refractivity contribution is 5.89. The van der Waals surface area contributed by atoms with Gasteiger partial charge in [0.25, 0.3) is 0 Å². The van der Waals surface area contributed by atoms with Crippen LogP contribution in [0.1, 0.15) is 48.8 Å². The molecule has 0 aromatic heterocycles. The molecule has 2 aliphatic rings. The van der Waals surface area contributed by atoms with Gasteiger partial charge in [-0.2, -0.15) is 13.2 Å². The number of hydrogen-bond donors (Lipinski definition) is 1. The molecule has 1 N–H and O–H groups in total. The van der Waals surface area contributed by atoms with Gasteiger partial charge in [0, 0.05) is 13.0 Å². The highest BCUT2D eigenvalue weighted by Crippen LogP contribution is 2.30. The van der Waals surface area contributed by atoms with Gasteiger partial charge in [0.2, 0.25) is 5.91 Å². The highest BCUT2D eigenvalue weighted by Gasteiger charge is 2.51. The first kappa shape index (κ1) is 29.2. The molecular formula is C27H34F3N3O5. The monoisotopic (exact) mass is 537 g/mol. The topological polar surface area (TPSA) is 88.2 Å². The van der Waals surface area contributed by atoms with E-state index < -0.39 is 42.3 Å². The molecule has 2 amide bonds. The summed E-state index contributed by atoms with van der Waals surface area (Å²) < 4.78 is 51.8. The lowest BCUT2D eigenvalue weighted by Crippen LogP contribution is -2.56. The summed E-state index contributed by atoms with van der Waals surface area (Å²) in [4.78, 5) is 40.6. The number of carbonyl (C=O) groups excluding carboxylic acids is 3. The van der Waals surface area contributed by atoms with E-state index in [4.69, 9.17) is 9.47 Å². The van der Waals surface area contributed by atoms with Gasteiger partial charge in [-0.05, 0) is 42.5 Å². The number of unbranched alkanes of at least 4 members (excludes halogenated alkanes) is 3. The molecule has 0 aliphatic carbocycles. The number of esters is 1. The van der Waals surface area contributed by atoms with Crippen LogP contribution < -0.4 is 5.32 Å². The largest absolute Gasteiger partial charge is 0.467 e. The Labute approximate surface area is 220 Å². The number of rotatable bonds is 11. The van der Waals surface area contributed by atoms with E-state index in [0.29, 0.717) is 25.9 Å². The summed E-state index contributed by atoms with van der Waals surface area (Å²) in [5.41, 5.74) is 2.78. The third kappa shape index (κ3) is 6.94. The fraction of sp³-hybridized carbons (Fsp3) is 0.519. The number of ether oxygens (including phenoxy) is 2. The van der Waals surface area contributed by atoms with Crippen molar-refractivity contribution in [1.82, 2.24) is 15.1 Å². The van der Waals surface area contributed by atoms with Crippen LogP contribution in [0.2, 0.25) is 0 Å². The molecule has 0 saturated carbocycles. The van der Waals surface area contributed by atoms with Crippen molar-refractivity contribution in [3.05, 3.63) is 54.1 Å². The quantitative estimate of drug-likeness (QED) is 0.259. The number of benzene rings is 1. The molecule has 38 heavy (non-hydrogen) atoms. The summed E-state index contributed by atoms with van der Waals surface area (Å²) in [6.07, 6.45) is -0.575. The predicted molar refractivity (Wildman–Crippen MR) is 135 cm³/mol. The van der Waals surface area contributed by atoms with E-state index in [9.17, 15) is 27.6 Å². The Morgan fingerprint density at radius 2 is 1.95 bits per heavy atom. The van der Waals surface area contributed by atoms with Gasteiger partial charge in [-0.1, -0.05) is 43.4 Å². The standard InChI is InChI=1S/C27H34F3N3O5/c1-4-6-7-8-9-13-31-23(27(28,29)30)24(34)33-16-20(14-22(33)25(35)37-3)38-26(36)32-15-19-12-10-11-18(5-2)21(19)17-32/h4-5,10-12,20,22-23,31H,1-2,6-9,13-17H2,3H3/t20-,22+,23-/m1/s1. The van der Waals surface area contributed by atoms with E-state index in [1.165, 1.54) is 4.90 Å². The molecule has 0 bridgehead atoms. The Kier molecular flexibility index (Phi) is 9.96. The number of nitrogens with one attached hydrogen (secondary N) is 1. The molecule has 1 aromatic rings. The third-order valence-electron chi connectivity index (χ3n) is 6.79. The molecular weight excluding hydrogens is 503 g/mol. The van der Waals surface area contributed by atoms with Gasteiger partial charge in [0.1, 0.15) is 12.1 Å². The maximum Gasteiger partial charge on any atom is 0.412 e. The smallest absolute Gasteiger partial charge is 0.412 e. The van der Waals surface area contributed by atoms with Gasteiger partial charge >= 0.3 is 18.2 Å². The number of nitrogens with zero attached hydrogens (tertiary/aromatic N) is 2. The second kappa shape index (κ2) is 12.9. The van der Waals surface area contributed by atoms with Crippen LogP contribution >= 0.6 is 0 Å². The van der Waals surface area contributed by atoms with Crippen LogP contribution in [0.3, 0.4) is 0 Å². The number of carbonyl (C=O) groups is 3. The van der Waals surface area contributed by atoms with Crippen molar-refractivity contribution >= 4 is 24.0 Å². The zero-order valence-electron chi connectivity index (χ0n) is 21.5. The number of allylic oxidation sites excluding steroid dienone is 1. The van der Waals surface area contributed by atoms with Crippen molar-refractivity contribution in [3.63, 3.8) is 0 Å². The number of alkyl halides is 3. The van der Waals surface area contributed by atoms with Crippen LogP contribution in [0.4, 0.5) is 18.0 Å². The zero-order valence-corrected chi connectivity index (χ0v) is 21.5. The average Bonchev–Trinajstić information content (AvgIpc) is 3.51. The van der Waals surface area contributed by atoms with E-state index >= 15 is 0 Å². The summed E-state index contributed by atoms with van der Waals surface area (Å²) in [7, 11) is 1.09. The second-order valence-electron chi connectivity index (χ2n) is 9.38.